The molecule has 2 heterocycles. The Morgan fingerprint density at radius 2 is 2.05 bits per heavy atom. The number of nitrogens with zero attached hydrogens (tertiary/aromatic N) is 2. The number of likely N-dealkylation sites (tertiary alicyclic amines) is 1. The lowest BCUT2D eigenvalue weighted by Crippen LogP contribution is -2.46. The molecule has 20 heavy (non-hydrogen) atoms. The molecule has 0 amide bonds. The number of nitrogens with one attached hydrogen (secondary N) is 1. The average molecular weight is 293 g/mol. The van der Waals surface area contributed by atoms with Crippen molar-refractivity contribution < 1.29 is 0 Å². The zero-order valence-electron chi connectivity index (χ0n) is 13.0. The minimum atomic E-state index is 0.119. The number of fused-ring (bicyclic) bond motifs is 1. The summed E-state index contributed by atoms with van der Waals surface area (Å²) in [6, 6.07) is 0.511. The molecule has 1 aliphatic carbocycles. The van der Waals surface area contributed by atoms with E-state index >= 15 is 0 Å². The number of aromatic nitrogens is 1. The summed E-state index contributed by atoms with van der Waals surface area (Å²) in [6.45, 7) is 6.91. The smallest absolute Gasteiger partial charge is 0.113 e. The highest BCUT2D eigenvalue weighted by Gasteiger charge is 2.38. The summed E-state index contributed by atoms with van der Waals surface area (Å²) >= 11 is 1.99. The highest BCUT2D eigenvalue weighted by molar-refractivity contribution is 7.12. The molecule has 112 valence electrons. The molecule has 1 aliphatic heterocycles. The quantitative estimate of drug-likeness (QED) is 0.929. The maximum atomic E-state index is 5.04. The first kappa shape index (κ1) is 14.5. The summed E-state index contributed by atoms with van der Waals surface area (Å²) in [4.78, 5) is 9.07. The first-order valence-corrected chi connectivity index (χ1v) is 8.86. The van der Waals surface area contributed by atoms with Crippen LogP contribution in [0.3, 0.4) is 0 Å². The summed E-state index contributed by atoms with van der Waals surface area (Å²) in [6.07, 6.45) is 7.44. The van der Waals surface area contributed by atoms with Gasteiger partial charge in [0.1, 0.15) is 5.01 Å². The summed E-state index contributed by atoms with van der Waals surface area (Å²) in [5, 5.41) is 5.25. The third-order valence-electron chi connectivity index (χ3n) is 4.63. The molecule has 0 spiro atoms. The maximum absolute atomic E-state index is 5.04. The van der Waals surface area contributed by atoms with Crippen molar-refractivity contribution in [2.75, 3.05) is 20.1 Å². The zero-order valence-corrected chi connectivity index (χ0v) is 13.9. The molecule has 1 saturated heterocycles. The van der Waals surface area contributed by atoms with E-state index in [1.54, 1.807) is 4.88 Å². The van der Waals surface area contributed by atoms with Gasteiger partial charge in [0.05, 0.1) is 11.2 Å². The Hall–Kier alpha value is -0.450. The van der Waals surface area contributed by atoms with Crippen LogP contribution in [-0.2, 0) is 18.4 Å². The fourth-order valence-electron chi connectivity index (χ4n) is 3.64. The van der Waals surface area contributed by atoms with Crippen LogP contribution in [0.2, 0.25) is 0 Å². The number of hydrogen-bond donors (Lipinski definition) is 1. The van der Waals surface area contributed by atoms with Gasteiger partial charge in [-0.2, -0.15) is 0 Å². The maximum Gasteiger partial charge on any atom is 0.113 e. The van der Waals surface area contributed by atoms with E-state index in [2.05, 4.69) is 31.1 Å². The molecule has 1 N–H and O–H groups in total. The summed E-state index contributed by atoms with van der Waals surface area (Å²) in [7, 11) is 2.24. The average Bonchev–Trinajstić information content (AvgIpc) is 2.91. The Kier molecular flexibility index (Phi) is 4.16. The summed E-state index contributed by atoms with van der Waals surface area (Å²) < 4.78 is 0. The van der Waals surface area contributed by atoms with Crippen molar-refractivity contribution in [2.45, 2.75) is 64.0 Å². The van der Waals surface area contributed by atoms with Crippen molar-refractivity contribution in [1.82, 2.24) is 15.2 Å². The van der Waals surface area contributed by atoms with Gasteiger partial charge >= 0.3 is 0 Å². The molecule has 3 rings (SSSR count). The van der Waals surface area contributed by atoms with Gasteiger partial charge in [0.2, 0.25) is 0 Å². The molecule has 1 atom stereocenters. The third kappa shape index (κ3) is 2.78. The standard InChI is InChI=1S/C16H27N3S/c1-12(2)18-16(8-5-10-19(3)11-9-16)15-17-13-6-4-7-14(13)20-15/h12,18H,4-11H2,1-3H3. The van der Waals surface area contributed by atoms with E-state index in [0.29, 0.717) is 6.04 Å². The van der Waals surface area contributed by atoms with Gasteiger partial charge in [0.25, 0.3) is 0 Å². The largest absolute Gasteiger partial charge is 0.306 e. The molecule has 1 unspecified atom stereocenters. The second-order valence-corrected chi connectivity index (χ2v) is 7.86. The topological polar surface area (TPSA) is 28.2 Å². The van der Waals surface area contributed by atoms with Gasteiger partial charge in [-0.15, -0.1) is 11.3 Å². The van der Waals surface area contributed by atoms with Crippen LogP contribution in [0.15, 0.2) is 0 Å². The van der Waals surface area contributed by atoms with Gasteiger partial charge < -0.3 is 10.2 Å². The molecule has 0 saturated carbocycles. The lowest BCUT2D eigenvalue weighted by atomic mass is 9.90. The van der Waals surface area contributed by atoms with E-state index in [0.717, 1.165) is 0 Å². The molecule has 1 fully saturated rings. The van der Waals surface area contributed by atoms with Crippen molar-refractivity contribution in [2.24, 2.45) is 0 Å². The van der Waals surface area contributed by atoms with Crippen LogP contribution in [0.4, 0.5) is 0 Å². The molecule has 4 heteroatoms. The minimum Gasteiger partial charge on any atom is -0.306 e. The minimum absolute atomic E-state index is 0.119. The van der Waals surface area contributed by atoms with Crippen molar-refractivity contribution in [3.63, 3.8) is 0 Å². The van der Waals surface area contributed by atoms with Crippen LogP contribution < -0.4 is 5.32 Å². The summed E-state index contributed by atoms with van der Waals surface area (Å²) in [5.74, 6) is 0. The van der Waals surface area contributed by atoms with Gasteiger partial charge in [-0.3, -0.25) is 0 Å². The fourth-order valence-corrected chi connectivity index (χ4v) is 5.00. The molecule has 2 aliphatic rings. The van der Waals surface area contributed by atoms with Crippen molar-refractivity contribution in [1.29, 1.82) is 0 Å². The van der Waals surface area contributed by atoms with Crippen LogP contribution in [0.25, 0.3) is 0 Å². The molecular weight excluding hydrogens is 266 g/mol. The van der Waals surface area contributed by atoms with E-state index in [-0.39, 0.29) is 5.54 Å². The van der Waals surface area contributed by atoms with Gasteiger partial charge in [-0.1, -0.05) is 0 Å². The van der Waals surface area contributed by atoms with E-state index in [4.69, 9.17) is 4.98 Å². The number of hydrogen-bond acceptors (Lipinski definition) is 4. The van der Waals surface area contributed by atoms with Gasteiger partial charge in [0, 0.05) is 17.5 Å². The Morgan fingerprint density at radius 3 is 2.80 bits per heavy atom. The molecule has 1 aromatic heterocycles. The molecule has 0 aromatic carbocycles. The molecular formula is C16H27N3S. The highest BCUT2D eigenvalue weighted by Crippen LogP contribution is 2.39. The third-order valence-corrected chi connectivity index (χ3v) is 6.00. The molecule has 0 bridgehead atoms. The van der Waals surface area contributed by atoms with E-state index in [1.807, 2.05) is 11.3 Å². The second kappa shape index (κ2) is 5.74. The predicted octanol–water partition coefficient (Wildman–Crippen LogP) is 2.94. The Bertz CT molecular complexity index is 447. The second-order valence-electron chi connectivity index (χ2n) is 6.78. The number of thiazole rings is 1. The molecule has 0 radical (unpaired) electrons. The van der Waals surface area contributed by atoms with Crippen LogP contribution in [-0.4, -0.2) is 36.1 Å². The van der Waals surface area contributed by atoms with Crippen molar-refractivity contribution in [3.05, 3.63) is 15.6 Å². The van der Waals surface area contributed by atoms with Crippen LogP contribution in [0.1, 0.15) is 55.1 Å². The van der Waals surface area contributed by atoms with Gasteiger partial charge in [0.15, 0.2) is 0 Å². The Balaban J connectivity index is 1.91. The van der Waals surface area contributed by atoms with Crippen molar-refractivity contribution in [3.8, 4) is 0 Å². The lowest BCUT2D eigenvalue weighted by molar-refractivity contribution is 0.259. The predicted molar refractivity (Wildman–Crippen MR) is 85.4 cm³/mol. The normalized spacial score (nSPS) is 27.8. The SMILES string of the molecule is CC(C)NC1(c2nc3c(s2)CCC3)CCCN(C)CC1. The molecule has 1 aromatic rings. The van der Waals surface area contributed by atoms with Crippen LogP contribution >= 0.6 is 11.3 Å². The van der Waals surface area contributed by atoms with E-state index < -0.39 is 0 Å². The highest BCUT2D eigenvalue weighted by atomic mass is 32.1. The van der Waals surface area contributed by atoms with Crippen LogP contribution in [0.5, 0.6) is 0 Å². The Morgan fingerprint density at radius 1 is 1.20 bits per heavy atom. The number of aryl methyl sites for hydroxylation is 2. The number of rotatable bonds is 3. The molecule has 3 nitrogen and oxygen atoms in total. The van der Waals surface area contributed by atoms with Crippen LogP contribution in [0, 0.1) is 0 Å². The first-order chi connectivity index (χ1) is 9.59. The fraction of sp³-hybridized carbons (Fsp3) is 0.812. The van der Waals surface area contributed by atoms with Gasteiger partial charge in [-0.05, 0) is 66.0 Å². The van der Waals surface area contributed by atoms with Gasteiger partial charge in [-0.25, -0.2) is 4.98 Å². The lowest BCUT2D eigenvalue weighted by Gasteiger charge is -2.34. The van der Waals surface area contributed by atoms with E-state index in [1.165, 1.54) is 62.3 Å². The van der Waals surface area contributed by atoms with E-state index in [9.17, 15) is 0 Å². The first-order valence-electron chi connectivity index (χ1n) is 8.04. The zero-order chi connectivity index (χ0) is 14.2. The Labute approximate surface area is 126 Å². The summed E-state index contributed by atoms with van der Waals surface area (Å²) in [5.41, 5.74) is 1.51. The van der Waals surface area contributed by atoms with Crippen molar-refractivity contribution >= 4 is 11.3 Å². The monoisotopic (exact) mass is 293 g/mol.